The summed E-state index contributed by atoms with van der Waals surface area (Å²) in [5.74, 6) is -0.189. The number of rotatable bonds is 4. The standard InChI is InChI=1S/C16H19N3O2S/c1-18-6-2-12(10-15(18)20)16(21)17-5-8-19-7-3-14-13(11-19)4-9-22-14/h2,4,6,9-10H,3,5,7-8,11H2,1H3,(H,17,21). The summed E-state index contributed by atoms with van der Waals surface area (Å²) < 4.78 is 1.45. The molecule has 22 heavy (non-hydrogen) atoms. The van der Waals surface area contributed by atoms with E-state index in [4.69, 9.17) is 0 Å². The lowest BCUT2D eigenvalue weighted by Crippen LogP contribution is -2.37. The van der Waals surface area contributed by atoms with Gasteiger partial charge in [-0.25, -0.2) is 0 Å². The number of hydrogen-bond donors (Lipinski definition) is 1. The molecule has 0 radical (unpaired) electrons. The van der Waals surface area contributed by atoms with E-state index in [0.717, 1.165) is 26.1 Å². The molecule has 2 aromatic rings. The molecule has 3 heterocycles. The summed E-state index contributed by atoms with van der Waals surface area (Å²) >= 11 is 1.83. The van der Waals surface area contributed by atoms with Crippen LogP contribution in [0.1, 0.15) is 20.8 Å². The number of amides is 1. The quantitative estimate of drug-likeness (QED) is 0.923. The van der Waals surface area contributed by atoms with Crippen LogP contribution in [0.4, 0.5) is 0 Å². The third-order valence-electron chi connectivity index (χ3n) is 3.97. The Morgan fingerprint density at radius 1 is 1.41 bits per heavy atom. The predicted molar refractivity (Wildman–Crippen MR) is 87.3 cm³/mol. The second-order valence-corrected chi connectivity index (χ2v) is 6.52. The van der Waals surface area contributed by atoms with Gasteiger partial charge in [0.15, 0.2) is 0 Å². The molecule has 2 aromatic heterocycles. The van der Waals surface area contributed by atoms with Crippen molar-refractivity contribution in [2.45, 2.75) is 13.0 Å². The molecule has 0 spiro atoms. The van der Waals surface area contributed by atoms with Crippen LogP contribution in [0.3, 0.4) is 0 Å². The van der Waals surface area contributed by atoms with E-state index in [9.17, 15) is 9.59 Å². The van der Waals surface area contributed by atoms with Gasteiger partial charge in [-0.15, -0.1) is 11.3 Å². The van der Waals surface area contributed by atoms with Gasteiger partial charge in [0.05, 0.1) is 0 Å². The minimum absolute atomic E-state index is 0.173. The van der Waals surface area contributed by atoms with Gasteiger partial charge in [0.25, 0.3) is 11.5 Å². The molecule has 1 aliphatic rings. The van der Waals surface area contributed by atoms with E-state index >= 15 is 0 Å². The Morgan fingerprint density at radius 3 is 3.09 bits per heavy atom. The minimum Gasteiger partial charge on any atom is -0.351 e. The summed E-state index contributed by atoms with van der Waals surface area (Å²) in [7, 11) is 1.67. The van der Waals surface area contributed by atoms with Crippen molar-refractivity contribution in [2.24, 2.45) is 7.05 Å². The minimum atomic E-state index is -0.189. The van der Waals surface area contributed by atoms with Crippen LogP contribution < -0.4 is 10.9 Å². The van der Waals surface area contributed by atoms with E-state index in [-0.39, 0.29) is 11.5 Å². The maximum absolute atomic E-state index is 12.0. The number of fused-ring (bicyclic) bond motifs is 1. The van der Waals surface area contributed by atoms with Gasteiger partial charge < -0.3 is 9.88 Å². The molecule has 3 rings (SSSR count). The van der Waals surface area contributed by atoms with Gasteiger partial charge in [-0.2, -0.15) is 0 Å². The fourth-order valence-corrected chi connectivity index (χ4v) is 3.51. The topological polar surface area (TPSA) is 54.3 Å². The van der Waals surface area contributed by atoms with Crippen LogP contribution in [0.25, 0.3) is 0 Å². The molecule has 0 aromatic carbocycles. The highest BCUT2D eigenvalue weighted by atomic mass is 32.1. The highest BCUT2D eigenvalue weighted by Gasteiger charge is 2.16. The van der Waals surface area contributed by atoms with Crippen molar-refractivity contribution in [2.75, 3.05) is 19.6 Å². The lowest BCUT2D eigenvalue weighted by molar-refractivity contribution is 0.0947. The molecule has 0 aliphatic carbocycles. The Kier molecular flexibility index (Phi) is 4.40. The first-order chi connectivity index (χ1) is 10.6. The van der Waals surface area contributed by atoms with Crippen molar-refractivity contribution in [3.8, 4) is 0 Å². The van der Waals surface area contributed by atoms with Crippen LogP contribution >= 0.6 is 11.3 Å². The molecular weight excluding hydrogens is 298 g/mol. The fraction of sp³-hybridized carbons (Fsp3) is 0.375. The molecule has 0 fully saturated rings. The number of hydrogen-bond acceptors (Lipinski definition) is 4. The summed E-state index contributed by atoms with van der Waals surface area (Å²) in [6, 6.07) is 5.22. The molecule has 0 unspecified atom stereocenters. The predicted octanol–water partition coefficient (Wildman–Crippen LogP) is 1.23. The molecule has 5 nitrogen and oxygen atoms in total. The van der Waals surface area contributed by atoms with Crippen molar-refractivity contribution in [3.63, 3.8) is 0 Å². The van der Waals surface area contributed by atoms with Crippen molar-refractivity contribution < 1.29 is 4.79 Å². The van der Waals surface area contributed by atoms with Gasteiger partial charge in [-0.05, 0) is 29.5 Å². The number of aromatic nitrogens is 1. The van der Waals surface area contributed by atoms with Gasteiger partial charge in [-0.1, -0.05) is 0 Å². The average Bonchev–Trinajstić information content (AvgIpc) is 2.97. The maximum atomic E-state index is 12.0. The second-order valence-electron chi connectivity index (χ2n) is 5.52. The molecule has 0 bridgehead atoms. The third-order valence-corrected chi connectivity index (χ3v) is 4.99. The van der Waals surface area contributed by atoms with E-state index in [1.165, 1.54) is 21.1 Å². The first-order valence-corrected chi connectivity index (χ1v) is 8.24. The lowest BCUT2D eigenvalue weighted by atomic mass is 10.1. The van der Waals surface area contributed by atoms with Crippen LogP contribution in [0.15, 0.2) is 34.6 Å². The number of aryl methyl sites for hydroxylation is 1. The van der Waals surface area contributed by atoms with Gasteiger partial charge in [0, 0.05) is 55.9 Å². The van der Waals surface area contributed by atoms with Gasteiger partial charge >= 0.3 is 0 Å². The van der Waals surface area contributed by atoms with Gasteiger partial charge in [0.2, 0.25) is 0 Å². The number of carbonyl (C=O) groups excluding carboxylic acids is 1. The summed E-state index contributed by atoms with van der Waals surface area (Å²) in [6.45, 7) is 3.41. The number of nitrogens with one attached hydrogen (secondary N) is 1. The molecule has 116 valence electrons. The number of pyridine rings is 1. The first kappa shape index (κ1) is 15.0. The monoisotopic (exact) mass is 317 g/mol. The van der Waals surface area contributed by atoms with Crippen molar-refractivity contribution >= 4 is 17.2 Å². The van der Waals surface area contributed by atoms with Crippen LogP contribution in [-0.2, 0) is 20.0 Å². The normalized spacial score (nSPS) is 14.6. The van der Waals surface area contributed by atoms with Crippen molar-refractivity contribution in [1.82, 2.24) is 14.8 Å². The van der Waals surface area contributed by atoms with Crippen LogP contribution in [0, 0.1) is 0 Å². The molecule has 0 saturated heterocycles. The second kappa shape index (κ2) is 6.46. The smallest absolute Gasteiger partial charge is 0.251 e. The van der Waals surface area contributed by atoms with E-state index in [0.29, 0.717) is 12.1 Å². The zero-order valence-electron chi connectivity index (χ0n) is 12.5. The Bertz CT molecular complexity index is 735. The zero-order chi connectivity index (χ0) is 15.5. The van der Waals surface area contributed by atoms with Crippen LogP contribution in [0.2, 0.25) is 0 Å². The summed E-state index contributed by atoms with van der Waals surface area (Å²) in [4.78, 5) is 27.4. The average molecular weight is 317 g/mol. The Labute approximate surface area is 133 Å². The summed E-state index contributed by atoms with van der Waals surface area (Å²) in [6.07, 6.45) is 2.70. The SMILES string of the molecule is Cn1ccc(C(=O)NCCN2CCc3sccc3C2)cc1=O. The highest BCUT2D eigenvalue weighted by molar-refractivity contribution is 7.10. The number of nitrogens with zero attached hydrogens (tertiary/aromatic N) is 2. The zero-order valence-corrected chi connectivity index (χ0v) is 13.4. The molecule has 6 heteroatoms. The molecule has 1 aliphatic heterocycles. The molecule has 0 saturated carbocycles. The van der Waals surface area contributed by atoms with Gasteiger partial charge in [-0.3, -0.25) is 14.5 Å². The van der Waals surface area contributed by atoms with E-state index in [1.807, 2.05) is 11.3 Å². The fourth-order valence-electron chi connectivity index (χ4n) is 2.62. The van der Waals surface area contributed by atoms with E-state index in [1.54, 1.807) is 19.3 Å². The number of thiophene rings is 1. The number of carbonyl (C=O) groups is 1. The van der Waals surface area contributed by atoms with Crippen LogP contribution in [0.5, 0.6) is 0 Å². The Morgan fingerprint density at radius 2 is 2.27 bits per heavy atom. The largest absolute Gasteiger partial charge is 0.351 e. The van der Waals surface area contributed by atoms with Crippen LogP contribution in [-0.4, -0.2) is 35.0 Å². The summed E-state index contributed by atoms with van der Waals surface area (Å²) in [5, 5.41) is 5.03. The van der Waals surface area contributed by atoms with E-state index < -0.39 is 0 Å². The molecular formula is C16H19N3O2S. The van der Waals surface area contributed by atoms with Crippen molar-refractivity contribution in [1.29, 1.82) is 0 Å². The maximum Gasteiger partial charge on any atom is 0.251 e. The first-order valence-electron chi connectivity index (χ1n) is 7.36. The molecule has 1 amide bonds. The summed E-state index contributed by atoms with van der Waals surface area (Å²) in [5.41, 5.74) is 1.66. The highest BCUT2D eigenvalue weighted by Crippen LogP contribution is 2.23. The van der Waals surface area contributed by atoms with Gasteiger partial charge in [0.1, 0.15) is 0 Å². The van der Waals surface area contributed by atoms with Crippen molar-refractivity contribution in [3.05, 3.63) is 56.1 Å². The Balaban J connectivity index is 1.50. The van der Waals surface area contributed by atoms with E-state index in [2.05, 4.69) is 21.7 Å². The molecule has 0 atom stereocenters. The molecule has 1 N–H and O–H groups in total. The third kappa shape index (κ3) is 3.28. The Hall–Kier alpha value is -1.92. The lowest BCUT2D eigenvalue weighted by Gasteiger charge is -2.26.